The molecule has 1 aromatic rings. The molecule has 1 aliphatic rings. The minimum atomic E-state index is -3.25. The summed E-state index contributed by atoms with van der Waals surface area (Å²) in [5, 5.41) is 3.03. The summed E-state index contributed by atoms with van der Waals surface area (Å²) in [6.07, 6.45) is 0.561. The molecule has 98 valence electrons. The van der Waals surface area contributed by atoms with Gasteiger partial charge in [-0.15, -0.1) is 0 Å². The molecule has 5 nitrogen and oxygen atoms in total. The van der Waals surface area contributed by atoms with Crippen LogP contribution in [0.1, 0.15) is 23.7 Å². The standard InChI is InChI=1S/C12H15NO4S/c1-2-17-12(14)9-4-5-11-10(8-9)13-6-3-7-18(11,15)16/h4-5,8,13H,2-3,6-7H2,1H3. The molecule has 0 fully saturated rings. The third kappa shape index (κ3) is 2.48. The first-order valence-electron chi connectivity index (χ1n) is 5.82. The van der Waals surface area contributed by atoms with Crippen molar-refractivity contribution in [2.75, 3.05) is 24.2 Å². The van der Waals surface area contributed by atoms with Crippen molar-refractivity contribution in [1.29, 1.82) is 0 Å². The van der Waals surface area contributed by atoms with Crippen molar-refractivity contribution in [2.24, 2.45) is 0 Å². The fraction of sp³-hybridized carbons (Fsp3) is 0.417. The Labute approximate surface area is 106 Å². The SMILES string of the molecule is CCOC(=O)c1ccc2c(c1)NCCCS2(=O)=O. The van der Waals surface area contributed by atoms with Crippen molar-refractivity contribution in [3.05, 3.63) is 23.8 Å². The Kier molecular flexibility index (Phi) is 3.56. The second-order valence-corrected chi connectivity index (χ2v) is 6.11. The van der Waals surface area contributed by atoms with Crippen molar-refractivity contribution in [3.63, 3.8) is 0 Å². The highest BCUT2D eigenvalue weighted by Gasteiger charge is 2.22. The van der Waals surface area contributed by atoms with Crippen molar-refractivity contribution >= 4 is 21.5 Å². The number of carbonyl (C=O) groups excluding carboxylic acids is 1. The number of carbonyl (C=O) groups is 1. The molecular weight excluding hydrogens is 254 g/mol. The van der Waals surface area contributed by atoms with E-state index in [-0.39, 0.29) is 10.6 Å². The third-order valence-corrected chi connectivity index (χ3v) is 4.58. The molecule has 1 aromatic carbocycles. The van der Waals surface area contributed by atoms with Gasteiger partial charge in [0, 0.05) is 6.54 Å². The van der Waals surface area contributed by atoms with E-state index in [1.807, 2.05) is 0 Å². The molecule has 0 saturated heterocycles. The topological polar surface area (TPSA) is 72.5 Å². The highest BCUT2D eigenvalue weighted by molar-refractivity contribution is 7.91. The molecular formula is C12H15NO4S. The number of anilines is 1. The van der Waals surface area contributed by atoms with Crippen molar-refractivity contribution in [2.45, 2.75) is 18.2 Å². The smallest absolute Gasteiger partial charge is 0.338 e. The van der Waals surface area contributed by atoms with Crippen LogP contribution in [0.3, 0.4) is 0 Å². The first kappa shape index (κ1) is 12.9. The van der Waals surface area contributed by atoms with Gasteiger partial charge in [0.25, 0.3) is 0 Å². The predicted molar refractivity (Wildman–Crippen MR) is 67.6 cm³/mol. The number of sulfone groups is 1. The number of hydrogen-bond donors (Lipinski definition) is 1. The zero-order valence-corrected chi connectivity index (χ0v) is 10.9. The lowest BCUT2D eigenvalue weighted by atomic mass is 10.2. The van der Waals surface area contributed by atoms with Gasteiger partial charge < -0.3 is 10.1 Å². The van der Waals surface area contributed by atoms with Gasteiger partial charge in [-0.1, -0.05) is 0 Å². The Balaban J connectivity index is 2.43. The minimum absolute atomic E-state index is 0.131. The summed E-state index contributed by atoms with van der Waals surface area (Å²) in [6, 6.07) is 4.49. The normalized spacial score (nSPS) is 17.2. The molecule has 0 bridgehead atoms. The Hall–Kier alpha value is -1.56. The molecule has 0 radical (unpaired) electrons. The Morgan fingerprint density at radius 3 is 2.94 bits per heavy atom. The summed E-state index contributed by atoms with van der Waals surface area (Å²) >= 11 is 0. The van der Waals surface area contributed by atoms with Crippen molar-refractivity contribution in [1.82, 2.24) is 0 Å². The van der Waals surface area contributed by atoms with E-state index in [2.05, 4.69) is 5.32 Å². The molecule has 1 aliphatic heterocycles. The van der Waals surface area contributed by atoms with Crippen LogP contribution in [0.4, 0.5) is 5.69 Å². The van der Waals surface area contributed by atoms with Gasteiger partial charge >= 0.3 is 5.97 Å². The highest BCUT2D eigenvalue weighted by Crippen LogP contribution is 2.27. The molecule has 1 N–H and O–H groups in total. The van der Waals surface area contributed by atoms with Crippen LogP contribution in [0.5, 0.6) is 0 Å². The van der Waals surface area contributed by atoms with Crippen LogP contribution in [0, 0.1) is 0 Å². The lowest BCUT2D eigenvalue weighted by Crippen LogP contribution is -2.08. The summed E-state index contributed by atoms with van der Waals surface area (Å²) in [5.41, 5.74) is 0.846. The maximum absolute atomic E-state index is 11.9. The molecule has 0 amide bonds. The number of rotatable bonds is 2. The van der Waals surface area contributed by atoms with E-state index >= 15 is 0 Å². The number of fused-ring (bicyclic) bond motifs is 1. The first-order valence-corrected chi connectivity index (χ1v) is 7.47. The Bertz CT molecular complexity index is 565. The highest BCUT2D eigenvalue weighted by atomic mass is 32.2. The molecule has 0 saturated carbocycles. The second kappa shape index (κ2) is 4.97. The summed E-state index contributed by atoms with van der Waals surface area (Å²) < 4.78 is 28.8. The van der Waals surface area contributed by atoms with Gasteiger partial charge in [0.2, 0.25) is 0 Å². The number of ether oxygens (including phenoxy) is 1. The fourth-order valence-electron chi connectivity index (χ4n) is 1.88. The molecule has 18 heavy (non-hydrogen) atoms. The van der Waals surface area contributed by atoms with Crippen molar-refractivity contribution in [3.8, 4) is 0 Å². The summed E-state index contributed by atoms with van der Waals surface area (Å²) in [6.45, 7) is 2.60. The lowest BCUT2D eigenvalue weighted by Gasteiger charge is -2.09. The molecule has 6 heteroatoms. The average Bonchev–Trinajstić information content (AvgIpc) is 2.48. The molecule has 0 aromatic heterocycles. The number of benzene rings is 1. The minimum Gasteiger partial charge on any atom is -0.462 e. The summed E-state index contributed by atoms with van der Waals surface area (Å²) in [4.78, 5) is 11.8. The van der Waals surface area contributed by atoms with Gasteiger partial charge in [0.15, 0.2) is 9.84 Å². The average molecular weight is 269 g/mol. The number of esters is 1. The van der Waals surface area contributed by atoms with E-state index in [9.17, 15) is 13.2 Å². The maximum Gasteiger partial charge on any atom is 0.338 e. The second-order valence-electron chi connectivity index (χ2n) is 4.03. The monoisotopic (exact) mass is 269 g/mol. The summed E-state index contributed by atoms with van der Waals surface area (Å²) in [7, 11) is -3.25. The zero-order valence-electron chi connectivity index (χ0n) is 10.1. The van der Waals surface area contributed by atoms with Crippen LogP contribution in [0.25, 0.3) is 0 Å². The number of nitrogens with one attached hydrogen (secondary N) is 1. The summed E-state index contributed by atoms with van der Waals surface area (Å²) in [5.74, 6) is -0.310. The van der Waals surface area contributed by atoms with Crippen LogP contribution in [0.15, 0.2) is 23.1 Å². The van der Waals surface area contributed by atoms with Crippen molar-refractivity contribution < 1.29 is 17.9 Å². The van der Waals surface area contributed by atoms with Gasteiger partial charge in [-0.3, -0.25) is 0 Å². The molecule has 0 atom stereocenters. The van der Waals surface area contributed by atoms with E-state index in [1.165, 1.54) is 18.2 Å². The van der Waals surface area contributed by atoms with Crippen LogP contribution in [-0.4, -0.2) is 33.3 Å². The van der Waals surface area contributed by atoms with Crippen LogP contribution < -0.4 is 5.32 Å². The molecule has 1 heterocycles. The first-order chi connectivity index (χ1) is 8.54. The fourth-order valence-corrected chi connectivity index (χ4v) is 3.36. The van der Waals surface area contributed by atoms with Crippen LogP contribution >= 0.6 is 0 Å². The molecule has 0 aliphatic carbocycles. The van der Waals surface area contributed by atoms with Gasteiger partial charge in [-0.2, -0.15) is 0 Å². The van der Waals surface area contributed by atoms with E-state index < -0.39 is 15.8 Å². The van der Waals surface area contributed by atoms with Gasteiger partial charge in [0.1, 0.15) is 0 Å². The van der Waals surface area contributed by atoms with Gasteiger partial charge in [-0.05, 0) is 31.5 Å². The molecule has 0 unspecified atom stereocenters. The Morgan fingerprint density at radius 1 is 1.44 bits per heavy atom. The largest absolute Gasteiger partial charge is 0.462 e. The van der Waals surface area contributed by atoms with E-state index in [0.717, 1.165) is 0 Å². The molecule has 2 rings (SSSR count). The van der Waals surface area contributed by atoms with Gasteiger partial charge in [0.05, 0.1) is 28.5 Å². The zero-order chi connectivity index (χ0) is 13.2. The van der Waals surface area contributed by atoms with Gasteiger partial charge in [-0.25, -0.2) is 13.2 Å². The quantitative estimate of drug-likeness (QED) is 0.823. The molecule has 0 spiro atoms. The van der Waals surface area contributed by atoms with E-state index in [0.29, 0.717) is 30.8 Å². The predicted octanol–water partition coefficient (Wildman–Crippen LogP) is 1.45. The Morgan fingerprint density at radius 2 is 2.22 bits per heavy atom. The lowest BCUT2D eigenvalue weighted by molar-refractivity contribution is 0.0526. The van der Waals surface area contributed by atoms with Crippen LogP contribution in [0.2, 0.25) is 0 Å². The van der Waals surface area contributed by atoms with Crippen LogP contribution in [-0.2, 0) is 14.6 Å². The number of hydrogen-bond acceptors (Lipinski definition) is 5. The third-order valence-electron chi connectivity index (χ3n) is 2.73. The van der Waals surface area contributed by atoms with E-state index in [1.54, 1.807) is 6.92 Å². The maximum atomic E-state index is 11.9. The van der Waals surface area contributed by atoms with E-state index in [4.69, 9.17) is 4.74 Å².